The summed E-state index contributed by atoms with van der Waals surface area (Å²) in [5.74, 6) is 8.52. The minimum atomic E-state index is 0.524. The Balaban J connectivity index is 0.000000550. The van der Waals surface area contributed by atoms with Gasteiger partial charge < -0.3 is 0 Å². The predicted octanol–water partition coefficient (Wildman–Crippen LogP) is 11.1. The minimum Gasteiger partial charge on any atom is -0.274 e. The molecule has 0 saturated carbocycles. The normalized spacial score (nSPS) is 14.1. The molecule has 1 heterocycles. The van der Waals surface area contributed by atoms with Gasteiger partial charge in [0.2, 0.25) is 0 Å². The third-order valence-electron chi connectivity index (χ3n) is 7.67. The van der Waals surface area contributed by atoms with E-state index in [0.29, 0.717) is 5.92 Å². The number of hydrogen-bond acceptors (Lipinski definition) is 3. The Labute approximate surface area is 279 Å². The Bertz CT molecular complexity index is 1850. The van der Waals surface area contributed by atoms with E-state index in [9.17, 15) is 0 Å². The zero-order valence-corrected chi connectivity index (χ0v) is 27.7. The summed E-state index contributed by atoms with van der Waals surface area (Å²) in [6.07, 6.45) is 19.3. The van der Waals surface area contributed by atoms with Gasteiger partial charge in [-0.1, -0.05) is 127 Å². The standard InChI is InChI=1S/C37H28S.2C3H6.H4N2/c1-3-10-26(11-4-1)18-20-33(27-12-5-2-6-13-27)32-17-9-16-28(22-32)31-19-21-36-34(24-31)35-23-29-14-7-8-15-30(29)25-37(35)38-36;2*1-3-2;1-2/h1-17,19-24,30H,18,25H2;2*3H,1H2,2H3;1-2H2/b33-20+;;;. The lowest BCUT2D eigenvalue weighted by Gasteiger charge is -2.21. The average molecular weight is 621 g/mol. The highest BCUT2D eigenvalue weighted by Gasteiger charge is 2.23. The number of hydrogen-bond donors (Lipinski definition) is 2. The highest BCUT2D eigenvalue weighted by molar-refractivity contribution is 7.19. The van der Waals surface area contributed by atoms with Crippen molar-refractivity contribution in [2.24, 2.45) is 17.6 Å². The number of thiophene rings is 1. The lowest BCUT2D eigenvalue weighted by atomic mass is 9.84. The van der Waals surface area contributed by atoms with Gasteiger partial charge in [0.1, 0.15) is 0 Å². The van der Waals surface area contributed by atoms with Crippen LogP contribution in [0.15, 0.2) is 164 Å². The first-order chi connectivity index (χ1) is 22.6. The van der Waals surface area contributed by atoms with Crippen molar-refractivity contribution in [2.75, 3.05) is 0 Å². The monoisotopic (exact) mass is 620 g/mol. The maximum Gasteiger partial charge on any atom is 0.0352 e. The van der Waals surface area contributed by atoms with Crippen LogP contribution in [0.5, 0.6) is 0 Å². The second kappa shape index (κ2) is 17.6. The molecule has 4 aromatic carbocycles. The van der Waals surface area contributed by atoms with Crippen molar-refractivity contribution in [1.82, 2.24) is 0 Å². The lowest BCUT2D eigenvalue weighted by Crippen LogP contribution is -2.09. The summed E-state index contributed by atoms with van der Waals surface area (Å²) >= 11 is 1.96. The van der Waals surface area contributed by atoms with Gasteiger partial charge in [-0.25, -0.2) is 0 Å². The van der Waals surface area contributed by atoms with E-state index >= 15 is 0 Å². The molecule has 2 nitrogen and oxygen atoms in total. The van der Waals surface area contributed by atoms with E-state index in [1.54, 1.807) is 12.2 Å². The van der Waals surface area contributed by atoms with Crippen molar-refractivity contribution < 1.29 is 0 Å². The smallest absolute Gasteiger partial charge is 0.0352 e. The molecule has 0 aliphatic heterocycles. The second-order valence-electron chi connectivity index (χ2n) is 10.9. The van der Waals surface area contributed by atoms with E-state index < -0.39 is 0 Å². The number of fused-ring (bicyclic) bond motifs is 4. The Kier molecular flexibility index (Phi) is 13.1. The van der Waals surface area contributed by atoms with E-state index in [1.807, 2.05) is 25.2 Å². The Morgan fingerprint density at radius 1 is 0.783 bits per heavy atom. The van der Waals surface area contributed by atoms with Crippen LogP contribution in [0.4, 0.5) is 0 Å². The first-order valence-corrected chi connectivity index (χ1v) is 16.5. The Morgan fingerprint density at radius 2 is 1.43 bits per heavy atom. The fraction of sp³-hybridized carbons (Fsp3) is 0.116. The zero-order chi connectivity index (χ0) is 32.7. The van der Waals surface area contributed by atoms with Crippen LogP contribution in [-0.4, -0.2) is 0 Å². The third-order valence-corrected chi connectivity index (χ3v) is 8.88. The van der Waals surface area contributed by atoms with E-state index in [-0.39, 0.29) is 0 Å². The van der Waals surface area contributed by atoms with E-state index in [2.05, 4.69) is 164 Å². The van der Waals surface area contributed by atoms with Gasteiger partial charge in [-0.05, 0) is 95.5 Å². The van der Waals surface area contributed by atoms with Crippen LogP contribution in [0, 0.1) is 5.92 Å². The first-order valence-electron chi connectivity index (χ1n) is 15.6. The van der Waals surface area contributed by atoms with Crippen LogP contribution < -0.4 is 11.7 Å². The summed E-state index contributed by atoms with van der Waals surface area (Å²) in [6, 6.07) is 37.5. The molecule has 5 aromatic rings. The summed E-state index contributed by atoms with van der Waals surface area (Å²) in [6.45, 7) is 10.5. The van der Waals surface area contributed by atoms with Crippen LogP contribution in [0.3, 0.4) is 0 Å². The number of benzene rings is 4. The molecule has 1 aromatic heterocycles. The van der Waals surface area contributed by atoms with Crippen LogP contribution in [0.2, 0.25) is 0 Å². The molecular weight excluding hydrogens is 577 g/mol. The number of allylic oxidation sites excluding steroid dienone is 8. The molecule has 2 aliphatic carbocycles. The van der Waals surface area contributed by atoms with Crippen LogP contribution in [0.1, 0.15) is 41.0 Å². The molecule has 0 fully saturated rings. The molecule has 4 N–H and O–H groups in total. The summed E-state index contributed by atoms with van der Waals surface area (Å²) in [4.78, 5) is 1.51. The molecule has 0 bridgehead atoms. The quantitative estimate of drug-likeness (QED) is 0.117. The number of rotatable bonds is 5. The van der Waals surface area contributed by atoms with Gasteiger partial charge in [0.15, 0.2) is 0 Å². The highest BCUT2D eigenvalue weighted by Crippen LogP contribution is 2.42. The van der Waals surface area contributed by atoms with E-state index in [1.165, 1.54) is 59.5 Å². The van der Waals surface area contributed by atoms with E-state index in [4.69, 9.17) is 0 Å². The maximum atomic E-state index is 4.00. The maximum absolute atomic E-state index is 4.00. The molecule has 0 radical (unpaired) electrons. The molecule has 0 spiro atoms. The SMILES string of the molecule is C1=CC2=Cc3c(sc4ccc(-c5cccc(/C(=C/Cc6ccccc6)c6ccccc6)c5)cc34)CC2C=C1.C=CC.C=CC.NN. The largest absolute Gasteiger partial charge is 0.274 e. The van der Waals surface area contributed by atoms with Gasteiger partial charge in [-0.2, -0.15) is 0 Å². The summed E-state index contributed by atoms with van der Waals surface area (Å²) in [7, 11) is 0. The van der Waals surface area contributed by atoms with Crippen molar-refractivity contribution in [3.05, 3.63) is 192 Å². The first kappa shape index (κ1) is 34.1. The summed E-state index contributed by atoms with van der Waals surface area (Å²) in [5, 5.41) is 1.38. The molecule has 7 rings (SSSR count). The van der Waals surface area contributed by atoms with Gasteiger partial charge in [-0.3, -0.25) is 11.7 Å². The lowest BCUT2D eigenvalue weighted by molar-refractivity contribution is 0.771. The van der Waals surface area contributed by atoms with Crippen molar-refractivity contribution in [1.29, 1.82) is 0 Å². The van der Waals surface area contributed by atoms with Crippen molar-refractivity contribution >= 4 is 33.1 Å². The Morgan fingerprint density at radius 3 is 2.15 bits per heavy atom. The van der Waals surface area contributed by atoms with Gasteiger partial charge in [0, 0.05) is 20.9 Å². The molecule has 0 amide bonds. The molecule has 0 saturated heterocycles. The number of hydrazine groups is 1. The fourth-order valence-corrected chi connectivity index (χ4v) is 6.91. The fourth-order valence-electron chi connectivity index (χ4n) is 5.68. The predicted molar refractivity (Wildman–Crippen MR) is 204 cm³/mol. The van der Waals surface area contributed by atoms with E-state index in [0.717, 1.165) is 12.8 Å². The molecule has 232 valence electrons. The molecule has 2 aliphatic rings. The minimum absolute atomic E-state index is 0.524. The van der Waals surface area contributed by atoms with Crippen molar-refractivity contribution in [3.63, 3.8) is 0 Å². The third kappa shape index (κ3) is 8.47. The number of nitrogens with two attached hydrogens (primary N) is 2. The average Bonchev–Trinajstić information content (AvgIpc) is 3.46. The van der Waals surface area contributed by atoms with Gasteiger partial charge in [0.05, 0.1) is 0 Å². The highest BCUT2D eigenvalue weighted by atomic mass is 32.1. The summed E-state index contributed by atoms with van der Waals surface area (Å²) in [5.41, 5.74) is 10.5. The van der Waals surface area contributed by atoms with Gasteiger partial charge in [-0.15, -0.1) is 24.5 Å². The molecule has 46 heavy (non-hydrogen) atoms. The van der Waals surface area contributed by atoms with Crippen LogP contribution >= 0.6 is 11.3 Å². The van der Waals surface area contributed by atoms with Gasteiger partial charge in [0.25, 0.3) is 0 Å². The van der Waals surface area contributed by atoms with Crippen LogP contribution in [-0.2, 0) is 12.8 Å². The molecule has 3 heteroatoms. The second-order valence-corrected chi connectivity index (χ2v) is 12.1. The topological polar surface area (TPSA) is 52.0 Å². The molecular formula is C43H44N2S. The zero-order valence-electron chi connectivity index (χ0n) is 26.9. The summed E-state index contributed by atoms with van der Waals surface area (Å²) < 4.78 is 1.38. The van der Waals surface area contributed by atoms with Crippen molar-refractivity contribution in [2.45, 2.75) is 26.7 Å². The molecule has 1 atom stereocenters. The molecule has 1 unspecified atom stereocenters. The van der Waals surface area contributed by atoms with Crippen molar-refractivity contribution in [3.8, 4) is 11.1 Å². The Hall–Kier alpha value is -4.80. The van der Waals surface area contributed by atoms with Gasteiger partial charge >= 0.3 is 0 Å². The van der Waals surface area contributed by atoms with Crippen LogP contribution in [0.25, 0.3) is 32.9 Å².